The number of nitrogens with zero attached hydrogens (tertiary/aromatic N) is 4. The number of fused-ring (bicyclic) bond motifs is 1. The number of rotatable bonds is 4. The van der Waals surface area contributed by atoms with Crippen LogP contribution in [0.5, 0.6) is 0 Å². The summed E-state index contributed by atoms with van der Waals surface area (Å²) in [6.07, 6.45) is 4.23. The zero-order chi connectivity index (χ0) is 17.2. The van der Waals surface area contributed by atoms with Crippen LogP contribution in [0.2, 0.25) is 0 Å². The van der Waals surface area contributed by atoms with Crippen LogP contribution in [0.4, 0.5) is 0 Å². The van der Waals surface area contributed by atoms with Gasteiger partial charge < -0.3 is 21.7 Å². The molecule has 0 saturated carbocycles. The van der Waals surface area contributed by atoms with Crippen LogP contribution in [0.3, 0.4) is 0 Å². The minimum absolute atomic E-state index is 0. The van der Waals surface area contributed by atoms with Crippen LogP contribution < -0.4 is 21.5 Å². The maximum Gasteiger partial charge on any atom is 0.312 e. The third kappa shape index (κ3) is 5.27. The average molecular weight is 423 g/mol. The molecule has 0 bridgehead atoms. The van der Waals surface area contributed by atoms with E-state index in [1.165, 1.54) is 11.5 Å². The number of hydrogen-bond acceptors (Lipinski definition) is 6. The summed E-state index contributed by atoms with van der Waals surface area (Å²) in [6.45, 7) is 6.19. The highest BCUT2D eigenvalue weighted by Gasteiger charge is 2.17. The largest absolute Gasteiger partial charge is 1.00 e. The molecule has 3 rings (SSSR count). The second-order valence-electron chi connectivity index (χ2n) is 6.45. The normalized spacial score (nSPS) is 11.2. The van der Waals surface area contributed by atoms with Gasteiger partial charge in [-0.25, -0.2) is 9.55 Å². The van der Waals surface area contributed by atoms with Crippen molar-refractivity contribution in [3.8, 4) is 11.3 Å². The molecule has 0 unspecified atom stereocenters. The van der Waals surface area contributed by atoms with Gasteiger partial charge in [-0.15, -0.1) is 5.10 Å². The van der Waals surface area contributed by atoms with Crippen LogP contribution >= 0.6 is 11.5 Å². The maximum absolute atomic E-state index is 11.8. The van der Waals surface area contributed by atoms with Gasteiger partial charge in [0.05, 0.1) is 5.69 Å². The molecule has 0 aliphatic rings. The highest BCUT2D eigenvalue weighted by molar-refractivity contribution is 7.12. The lowest BCUT2D eigenvalue weighted by Crippen LogP contribution is -3.00. The summed E-state index contributed by atoms with van der Waals surface area (Å²) >= 11 is 1.29. The Balaban J connectivity index is 0.00000225. The van der Waals surface area contributed by atoms with E-state index in [-0.39, 0.29) is 23.0 Å². The van der Waals surface area contributed by atoms with Crippen molar-refractivity contribution in [1.82, 2.24) is 14.6 Å². The minimum Gasteiger partial charge on any atom is -1.00 e. The third-order valence-electron chi connectivity index (χ3n) is 3.30. The summed E-state index contributed by atoms with van der Waals surface area (Å²) in [5.74, 6) is -0.191. The Morgan fingerprint density at radius 3 is 2.60 bits per heavy atom. The molecule has 3 aromatic heterocycles. The van der Waals surface area contributed by atoms with Crippen molar-refractivity contribution in [3.05, 3.63) is 36.7 Å². The van der Waals surface area contributed by atoms with Gasteiger partial charge in [-0.3, -0.25) is 4.79 Å². The molecule has 6 nitrogen and oxygen atoms in total. The number of aryl methyl sites for hydroxylation is 1. The van der Waals surface area contributed by atoms with Gasteiger partial charge in [0.15, 0.2) is 23.8 Å². The highest BCUT2D eigenvalue weighted by Crippen LogP contribution is 2.20. The summed E-state index contributed by atoms with van der Waals surface area (Å²) in [5, 5.41) is 3.99. The van der Waals surface area contributed by atoms with Crippen molar-refractivity contribution in [3.63, 3.8) is 0 Å². The van der Waals surface area contributed by atoms with Gasteiger partial charge in [-0.2, -0.15) is 0 Å². The van der Waals surface area contributed by atoms with E-state index in [2.05, 4.69) is 14.6 Å². The fraction of sp³-hybridized carbons (Fsp3) is 0.353. The zero-order valence-electron chi connectivity index (χ0n) is 14.3. The summed E-state index contributed by atoms with van der Waals surface area (Å²) < 4.78 is 11.2. The third-order valence-corrected chi connectivity index (χ3v) is 3.93. The first-order chi connectivity index (χ1) is 11.4. The van der Waals surface area contributed by atoms with Crippen LogP contribution in [0.1, 0.15) is 27.2 Å². The molecule has 0 fully saturated rings. The Morgan fingerprint density at radius 2 is 1.92 bits per heavy atom. The Hall–Kier alpha value is -1.93. The lowest BCUT2D eigenvalue weighted by molar-refractivity contribution is -0.695. The lowest BCUT2D eigenvalue weighted by Gasteiger charge is -2.18. The Kier molecular flexibility index (Phi) is 6.18. The number of pyridine rings is 2. The molecule has 0 saturated heterocycles. The highest BCUT2D eigenvalue weighted by atomic mass is 79.9. The Labute approximate surface area is 160 Å². The van der Waals surface area contributed by atoms with Crippen molar-refractivity contribution in [1.29, 1.82) is 0 Å². The van der Waals surface area contributed by atoms with E-state index in [0.717, 1.165) is 21.6 Å². The maximum atomic E-state index is 11.8. The molecule has 132 valence electrons. The van der Waals surface area contributed by atoms with E-state index in [0.29, 0.717) is 13.0 Å². The molecule has 0 atom stereocenters. The molecule has 3 heterocycles. The second-order valence-corrected chi connectivity index (χ2v) is 7.19. The van der Waals surface area contributed by atoms with Gasteiger partial charge in [-0.1, -0.05) is 4.49 Å². The molecule has 25 heavy (non-hydrogen) atoms. The number of halogens is 1. The van der Waals surface area contributed by atoms with Crippen molar-refractivity contribution in [2.45, 2.75) is 39.3 Å². The molecule has 0 spiro atoms. The molecular weight excluding hydrogens is 404 g/mol. The first-order valence-electron chi connectivity index (χ1n) is 7.71. The standard InChI is InChI=1S/C17H19N4O2S.BrH/c1-17(2,3)23-15(22)8-11-21-9-6-12(7-10-21)13-4-5-14-16(18-13)24-20-19-14;/h4-7,9-10H,8,11H2,1-3H3;1H/q+1;/p-1. The molecule has 0 aliphatic heterocycles. The second kappa shape index (κ2) is 7.97. The Morgan fingerprint density at radius 1 is 1.20 bits per heavy atom. The smallest absolute Gasteiger partial charge is 0.312 e. The summed E-state index contributed by atoms with van der Waals surface area (Å²) in [4.78, 5) is 17.2. The van der Waals surface area contributed by atoms with E-state index < -0.39 is 5.60 Å². The molecule has 0 aromatic carbocycles. The number of carbonyl (C=O) groups excluding carboxylic acids is 1. The van der Waals surface area contributed by atoms with Crippen LogP contribution in [-0.2, 0) is 16.1 Å². The Bertz CT molecular complexity index is 859. The number of hydrogen-bond donors (Lipinski definition) is 0. The first kappa shape index (κ1) is 19.4. The van der Waals surface area contributed by atoms with E-state index in [1.54, 1.807) is 0 Å². The predicted octanol–water partition coefficient (Wildman–Crippen LogP) is -0.223. The van der Waals surface area contributed by atoms with Gasteiger partial charge in [0.1, 0.15) is 17.5 Å². The van der Waals surface area contributed by atoms with Crippen molar-refractivity contribution in [2.24, 2.45) is 0 Å². The molecule has 8 heteroatoms. The van der Waals surface area contributed by atoms with Crippen LogP contribution in [0, 0.1) is 0 Å². The van der Waals surface area contributed by atoms with Crippen molar-refractivity contribution in [2.75, 3.05) is 0 Å². The SMILES string of the molecule is CC(C)(C)OC(=O)CC[n+]1ccc(-c2ccc3nnsc3n2)cc1.[Br-]. The minimum atomic E-state index is -0.443. The van der Waals surface area contributed by atoms with Gasteiger partial charge in [0.2, 0.25) is 0 Å². The van der Waals surface area contributed by atoms with E-state index in [1.807, 2.05) is 62.0 Å². The van der Waals surface area contributed by atoms with Gasteiger partial charge in [0.25, 0.3) is 0 Å². The van der Waals surface area contributed by atoms with Gasteiger partial charge in [0, 0.05) is 29.2 Å². The zero-order valence-corrected chi connectivity index (χ0v) is 16.7. The van der Waals surface area contributed by atoms with Gasteiger partial charge >= 0.3 is 5.97 Å². The topological polar surface area (TPSA) is 68.8 Å². The predicted molar refractivity (Wildman–Crippen MR) is 91.3 cm³/mol. The summed E-state index contributed by atoms with van der Waals surface area (Å²) in [7, 11) is 0. The fourth-order valence-corrected chi connectivity index (χ4v) is 2.78. The summed E-state index contributed by atoms with van der Waals surface area (Å²) in [6, 6.07) is 7.82. The quantitative estimate of drug-likeness (QED) is 0.429. The van der Waals surface area contributed by atoms with Crippen LogP contribution in [0.25, 0.3) is 21.6 Å². The number of carbonyl (C=O) groups is 1. The van der Waals surface area contributed by atoms with Gasteiger partial charge in [-0.05, 0) is 32.9 Å². The van der Waals surface area contributed by atoms with E-state index in [4.69, 9.17) is 4.74 Å². The lowest BCUT2D eigenvalue weighted by atomic mass is 10.2. The number of esters is 1. The molecule has 0 radical (unpaired) electrons. The van der Waals surface area contributed by atoms with Crippen LogP contribution in [0.15, 0.2) is 36.7 Å². The van der Waals surface area contributed by atoms with Crippen LogP contribution in [-0.4, -0.2) is 26.1 Å². The van der Waals surface area contributed by atoms with E-state index in [9.17, 15) is 4.79 Å². The monoisotopic (exact) mass is 422 g/mol. The summed E-state index contributed by atoms with van der Waals surface area (Å²) in [5.41, 5.74) is 2.26. The first-order valence-corrected chi connectivity index (χ1v) is 8.48. The van der Waals surface area contributed by atoms with E-state index >= 15 is 0 Å². The molecule has 0 amide bonds. The van der Waals surface area contributed by atoms with Crippen molar-refractivity contribution < 1.29 is 31.1 Å². The molecular formula is C17H19BrN4O2S. The molecule has 0 aliphatic carbocycles. The number of aromatic nitrogens is 4. The molecule has 0 N–H and O–H groups in total. The molecule has 3 aromatic rings. The fourth-order valence-electron chi connectivity index (χ4n) is 2.23. The average Bonchev–Trinajstić information content (AvgIpc) is 2.99. The number of ether oxygens (including phenoxy) is 1. The van der Waals surface area contributed by atoms with Crippen molar-refractivity contribution >= 4 is 27.8 Å².